The number of methoxy groups -OCH3 is 2. The Bertz CT molecular complexity index is 1170. The summed E-state index contributed by atoms with van der Waals surface area (Å²) in [6, 6.07) is 9.98. The number of nitrogens with zero attached hydrogens (tertiary/aromatic N) is 3. The van der Waals surface area contributed by atoms with Crippen molar-refractivity contribution in [2.75, 3.05) is 25.7 Å². The van der Waals surface area contributed by atoms with Crippen LogP contribution in [0.15, 0.2) is 51.8 Å². The molecule has 0 atom stereocenters. The fourth-order valence-corrected chi connectivity index (χ4v) is 3.05. The van der Waals surface area contributed by atoms with Crippen molar-refractivity contribution in [3.8, 4) is 22.9 Å². The highest BCUT2D eigenvalue weighted by Gasteiger charge is 2.22. The number of hydrogen-bond donors (Lipinski definition) is 1. The van der Waals surface area contributed by atoms with Crippen molar-refractivity contribution < 1.29 is 28.0 Å². The maximum Gasteiger partial charge on any atom is 0.442 e. The smallest absolute Gasteiger partial charge is 0.442 e. The van der Waals surface area contributed by atoms with E-state index in [0.717, 1.165) is 4.57 Å². The molecule has 0 aliphatic rings. The molecule has 3 rings (SSSR count). The zero-order valence-electron chi connectivity index (χ0n) is 17.4. The van der Waals surface area contributed by atoms with Crippen LogP contribution in [0.25, 0.3) is 11.4 Å². The summed E-state index contributed by atoms with van der Waals surface area (Å²) >= 11 is 0. The van der Waals surface area contributed by atoms with Gasteiger partial charge >= 0.3 is 5.76 Å². The van der Waals surface area contributed by atoms with Crippen molar-refractivity contribution in [3.05, 3.63) is 58.8 Å². The van der Waals surface area contributed by atoms with Crippen molar-refractivity contribution in [1.82, 2.24) is 9.72 Å². The van der Waals surface area contributed by atoms with Crippen LogP contribution in [0.1, 0.15) is 6.42 Å². The fraction of sp³-hybridized carbons (Fsp3) is 0.238. The third-order valence-corrected chi connectivity index (χ3v) is 4.64. The molecule has 32 heavy (non-hydrogen) atoms. The largest absolute Gasteiger partial charge is 0.493 e. The number of ether oxygens (including phenoxy) is 2. The zero-order chi connectivity index (χ0) is 23.3. The van der Waals surface area contributed by atoms with Crippen molar-refractivity contribution in [2.24, 2.45) is 5.73 Å². The van der Waals surface area contributed by atoms with Crippen molar-refractivity contribution in [2.45, 2.75) is 13.0 Å². The summed E-state index contributed by atoms with van der Waals surface area (Å²) in [5, 5.41) is 3.77. The number of rotatable bonds is 9. The molecule has 2 aromatic carbocycles. The van der Waals surface area contributed by atoms with E-state index >= 15 is 0 Å². The number of aromatic nitrogens is 2. The summed E-state index contributed by atoms with van der Waals surface area (Å²) < 4.78 is 29.6. The minimum atomic E-state index is -0.850. The minimum Gasteiger partial charge on any atom is -0.493 e. The van der Waals surface area contributed by atoms with Gasteiger partial charge in [-0.1, -0.05) is 5.16 Å². The van der Waals surface area contributed by atoms with E-state index in [1.807, 2.05) is 0 Å². The lowest BCUT2D eigenvalue weighted by Crippen LogP contribution is -2.38. The van der Waals surface area contributed by atoms with Crippen LogP contribution < -0.4 is 25.9 Å². The minimum absolute atomic E-state index is 0.0501. The Kier molecular flexibility index (Phi) is 6.88. The summed E-state index contributed by atoms with van der Waals surface area (Å²) in [7, 11) is 2.94. The van der Waals surface area contributed by atoms with Crippen LogP contribution in [0.5, 0.6) is 11.5 Å². The molecule has 3 aromatic rings. The Morgan fingerprint density at radius 1 is 1.12 bits per heavy atom. The number of hydrogen-bond acceptors (Lipinski definition) is 7. The molecule has 10 nitrogen and oxygen atoms in total. The van der Waals surface area contributed by atoms with E-state index in [0.29, 0.717) is 22.7 Å². The number of amides is 2. The summed E-state index contributed by atoms with van der Waals surface area (Å²) in [4.78, 5) is 37.8. The second-order valence-corrected chi connectivity index (χ2v) is 6.67. The monoisotopic (exact) mass is 444 g/mol. The molecular weight excluding hydrogens is 423 g/mol. The number of benzene rings is 2. The second kappa shape index (κ2) is 9.77. The number of primary amides is 1. The molecule has 0 fully saturated rings. The molecule has 2 amide bonds. The Morgan fingerprint density at radius 3 is 2.44 bits per heavy atom. The highest BCUT2D eigenvalue weighted by atomic mass is 19.1. The summed E-state index contributed by atoms with van der Waals surface area (Å²) in [6.45, 7) is -0.492. The first-order chi connectivity index (χ1) is 15.3. The van der Waals surface area contributed by atoms with Gasteiger partial charge in [0, 0.05) is 24.2 Å². The predicted molar refractivity (Wildman–Crippen MR) is 112 cm³/mol. The van der Waals surface area contributed by atoms with Crippen LogP contribution in [0.2, 0.25) is 0 Å². The summed E-state index contributed by atoms with van der Waals surface area (Å²) in [5.74, 6) is -1.54. The van der Waals surface area contributed by atoms with E-state index in [1.54, 1.807) is 18.2 Å². The van der Waals surface area contributed by atoms with Gasteiger partial charge in [0.15, 0.2) is 17.3 Å². The molecule has 168 valence electrons. The number of nitrogens with two attached hydrogens (primary N) is 1. The number of anilines is 1. The van der Waals surface area contributed by atoms with Crippen LogP contribution >= 0.6 is 0 Å². The first-order valence-electron chi connectivity index (χ1n) is 9.47. The second-order valence-electron chi connectivity index (χ2n) is 6.67. The van der Waals surface area contributed by atoms with E-state index in [4.69, 9.17) is 19.7 Å². The highest BCUT2D eigenvalue weighted by Crippen LogP contribution is 2.31. The molecule has 2 N–H and O–H groups in total. The summed E-state index contributed by atoms with van der Waals surface area (Å²) in [5.41, 5.74) is 6.01. The Labute approximate surface area is 181 Å². The molecule has 0 saturated carbocycles. The first kappa shape index (κ1) is 22.5. The Hall–Kier alpha value is -4.15. The molecule has 0 aliphatic carbocycles. The maximum atomic E-state index is 13.3. The van der Waals surface area contributed by atoms with Gasteiger partial charge < -0.3 is 20.1 Å². The predicted octanol–water partition coefficient (Wildman–Crippen LogP) is 1.57. The molecule has 0 spiro atoms. The van der Waals surface area contributed by atoms with Crippen LogP contribution in [0.3, 0.4) is 0 Å². The fourth-order valence-electron chi connectivity index (χ4n) is 3.05. The Morgan fingerprint density at radius 2 is 1.81 bits per heavy atom. The van der Waals surface area contributed by atoms with Gasteiger partial charge in [0.2, 0.25) is 11.8 Å². The molecule has 0 saturated heterocycles. The van der Waals surface area contributed by atoms with E-state index in [9.17, 15) is 18.8 Å². The molecule has 11 heteroatoms. The molecule has 0 bridgehead atoms. The van der Waals surface area contributed by atoms with Gasteiger partial charge in [-0.25, -0.2) is 13.8 Å². The topological polar surface area (TPSA) is 130 Å². The highest BCUT2D eigenvalue weighted by molar-refractivity contribution is 5.94. The third kappa shape index (κ3) is 4.94. The maximum absolute atomic E-state index is 13.3. The quantitative estimate of drug-likeness (QED) is 0.530. The molecule has 0 aliphatic heterocycles. The van der Waals surface area contributed by atoms with E-state index < -0.39 is 29.9 Å². The van der Waals surface area contributed by atoms with Gasteiger partial charge in [-0.3, -0.25) is 14.1 Å². The van der Waals surface area contributed by atoms with Gasteiger partial charge in [-0.15, -0.1) is 0 Å². The van der Waals surface area contributed by atoms with E-state index in [-0.39, 0.29) is 18.8 Å². The first-order valence-corrected chi connectivity index (χ1v) is 9.47. The SMILES string of the molecule is COc1ccc(-c2noc(=O)n2CC(=O)N(CCC(N)=O)c2ccc(F)cc2)cc1OC. The third-order valence-electron chi connectivity index (χ3n) is 4.64. The van der Waals surface area contributed by atoms with Crippen LogP contribution in [-0.4, -0.2) is 42.3 Å². The average Bonchev–Trinajstić information content (AvgIpc) is 3.14. The number of carbonyl (C=O) groups is 2. The molecule has 0 radical (unpaired) electrons. The lowest BCUT2D eigenvalue weighted by molar-refractivity contribution is -0.119. The molecular formula is C21H21FN4O6. The van der Waals surface area contributed by atoms with Gasteiger partial charge in [-0.2, -0.15) is 0 Å². The van der Waals surface area contributed by atoms with E-state index in [1.165, 1.54) is 43.4 Å². The van der Waals surface area contributed by atoms with Gasteiger partial charge in [0.05, 0.1) is 14.2 Å². The molecule has 1 aromatic heterocycles. The van der Waals surface area contributed by atoms with Crippen molar-refractivity contribution in [3.63, 3.8) is 0 Å². The normalized spacial score (nSPS) is 10.6. The van der Waals surface area contributed by atoms with Crippen LogP contribution in [0, 0.1) is 5.82 Å². The van der Waals surface area contributed by atoms with Crippen LogP contribution in [0.4, 0.5) is 10.1 Å². The number of carbonyl (C=O) groups excluding carboxylic acids is 2. The lowest BCUT2D eigenvalue weighted by atomic mass is 10.2. The van der Waals surface area contributed by atoms with Crippen LogP contribution in [-0.2, 0) is 16.1 Å². The lowest BCUT2D eigenvalue weighted by Gasteiger charge is -2.22. The number of halogens is 1. The van der Waals surface area contributed by atoms with Crippen molar-refractivity contribution >= 4 is 17.5 Å². The Balaban J connectivity index is 1.94. The van der Waals surface area contributed by atoms with Gasteiger partial charge in [0.25, 0.3) is 0 Å². The average molecular weight is 444 g/mol. The molecule has 1 heterocycles. The molecule has 0 unspecified atom stereocenters. The van der Waals surface area contributed by atoms with Crippen molar-refractivity contribution in [1.29, 1.82) is 0 Å². The zero-order valence-corrected chi connectivity index (χ0v) is 17.4. The summed E-state index contributed by atoms with van der Waals surface area (Å²) in [6.07, 6.45) is -0.121. The van der Waals surface area contributed by atoms with Gasteiger partial charge in [-0.05, 0) is 42.5 Å². The standard InChI is InChI=1S/C21H21FN4O6/c1-30-16-8-3-13(11-17(16)31-2)20-24-32-21(29)26(20)12-19(28)25(10-9-18(23)27)15-6-4-14(22)5-7-15/h3-8,11H,9-10,12H2,1-2H3,(H2,23,27). The van der Waals surface area contributed by atoms with E-state index in [2.05, 4.69) is 5.16 Å². The van der Waals surface area contributed by atoms with Gasteiger partial charge in [0.1, 0.15) is 12.4 Å².